The normalized spacial score (nSPS) is 27.7. The molecule has 1 saturated heterocycles. The molecule has 1 fully saturated rings. The molecule has 162 valence electrons. The molecule has 2 unspecified atom stereocenters. The van der Waals surface area contributed by atoms with Crippen LogP contribution in [0.15, 0.2) is 88.9 Å². The van der Waals surface area contributed by atoms with E-state index in [9.17, 15) is 0 Å². The Labute approximate surface area is 190 Å². The van der Waals surface area contributed by atoms with Gasteiger partial charge in [-0.15, -0.1) is 0 Å². The van der Waals surface area contributed by atoms with E-state index in [-0.39, 0.29) is 22.7 Å². The summed E-state index contributed by atoms with van der Waals surface area (Å²) in [6, 6.07) is 18.6. The summed E-state index contributed by atoms with van der Waals surface area (Å²) >= 11 is 0. The number of hydrogen-bond donors (Lipinski definition) is 0. The molecule has 32 heavy (non-hydrogen) atoms. The van der Waals surface area contributed by atoms with Gasteiger partial charge in [0.25, 0.3) is 0 Å². The van der Waals surface area contributed by atoms with Crippen molar-refractivity contribution in [3.63, 3.8) is 0 Å². The Morgan fingerprint density at radius 2 is 1.50 bits per heavy atom. The largest absolute Gasteiger partial charge is 0.494 e. The minimum Gasteiger partial charge on any atom is -0.399 e. The summed E-state index contributed by atoms with van der Waals surface area (Å²) in [7, 11) is -0.413. The third-order valence-electron chi connectivity index (χ3n) is 7.17. The average Bonchev–Trinajstić information content (AvgIpc) is 3.00. The van der Waals surface area contributed by atoms with E-state index in [4.69, 9.17) is 19.3 Å². The summed E-state index contributed by atoms with van der Waals surface area (Å²) in [5, 5.41) is 0. The highest BCUT2D eigenvalue weighted by Gasteiger charge is 2.51. The SMILES string of the molecule is CC12C=CC=CC1N=C(c1cccc(B3OC(C)(C)C(C)(C)O3)c1)N=C2c1ccccc1. The molecule has 4 nitrogen and oxygen atoms in total. The lowest BCUT2D eigenvalue weighted by molar-refractivity contribution is 0.00578. The van der Waals surface area contributed by atoms with Crippen LogP contribution >= 0.6 is 0 Å². The number of aliphatic imine (C=N–C) groups is 2. The molecule has 0 radical (unpaired) electrons. The molecule has 5 rings (SSSR count). The van der Waals surface area contributed by atoms with Crippen molar-refractivity contribution in [3.8, 4) is 0 Å². The number of fused-ring (bicyclic) bond motifs is 1. The number of hydrogen-bond acceptors (Lipinski definition) is 4. The molecule has 0 spiro atoms. The Morgan fingerprint density at radius 1 is 0.812 bits per heavy atom. The maximum Gasteiger partial charge on any atom is 0.494 e. The average molecular weight is 424 g/mol. The third kappa shape index (κ3) is 3.40. The molecule has 0 aromatic heterocycles. The van der Waals surface area contributed by atoms with E-state index in [2.05, 4.69) is 95.3 Å². The molecule has 0 bridgehead atoms. The summed E-state index contributed by atoms with van der Waals surface area (Å²) in [6.07, 6.45) is 8.54. The Kier molecular flexibility index (Phi) is 4.88. The molecule has 0 amide bonds. The Bertz CT molecular complexity index is 1150. The van der Waals surface area contributed by atoms with Crippen molar-refractivity contribution in [1.29, 1.82) is 0 Å². The van der Waals surface area contributed by atoms with Crippen LogP contribution in [0, 0.1) is 5.41 Å². The topological polar surface area (TPSA) is 43.2 Å². The molecule has 2 aromatic rings. The second-order valence-electron chi connectivity index (χ2n) is 9.96. The zero-order chi connectivity index (χ0) is 22.6. The lowest BCUT2D eigenvalue weighted by Gasteiger charge is -2.37. The van der Waals surface area contributed by atoms with E-state index >= 15 is 0 Å². The number of benzene rings is 2. The van der Waals surface area contributed by atoms with E-state index < -0.39 is 7.12 Å². The highest BCUT2D eigenvalue weighted by molar-refractivity contribution is 6.62. The fraction of sp³-hybridized carbons (Fsp3) is 0.333. The summed E-state index contributed by atoms with van der Waals surface area (Å²) in [4.78, 5) is 10.2. The number of rotatable bonds is 3. The predicted molar refractivity (Wildman–Crippen MR) is 132 cm³/mol. The second kappa shape index (κ2) is 7.40. The van der Waals surface area contributed by atoms with Crippen LogP contribution in [0.5, 0.6) is 0 Å². The van der Waals surface area contributed by atoms with E-state index in [1.54, 1.807) is 0 Å². The van der Waals surface area contributed by atoms with Crippen molar-refractivity contribution >= 4 is 24.1 Å². The van der Waals surface area contributed by atoms with Crippen LogP contribution in [-0.4, -0.2) is 35.9 Å². The molecule has 5 heteroatoms. The molecular weight excluding hydrogens is 395 g/mol. The third-order valence-corrected chi connectivity index (χ3v) is 7.17. The van der Waals surface area contributed by atoms with Gasteiger partial charge in [-0.2, -0.15) is 0 Å². The van der Waals surface area contributed by atoms with Crippen molar-refractivity contribution in [2.75, 3.05) is 0 Å². The molecule has 2 aliphatic heterocycles. The van der Waals surface area contributed by atoms with Crippen LogP contribution in [-0.2, 0) is 9.31 Å². The first-order valence-corrected chi connectivity index (χ1v) is 11.2. The van der Waals surface area contributed by atoms with E-state index in [1.807, 2.05) is 18.2 Å². The van der Waals surface area contributed by atoms with Crippen LogP contribution in [0.25, 0.3) is 0 Å². The summed E-state index contributed by atoms with van der Waals surface area (Å²) < 4.78 is 12.5. The second-order valence-corrected chi connectivity index (χ2v) is 9.96. The van der Waals surface area contributed by atoms with Crippen LogP contribution in [0.3, 0.4) is 0 Å². The molecule has 2 heterocycles. The van der Waals surface area contributed by atoms with Crippen LogP contribution in [0.2, 0.25) is 0 Å². The van der Waals surface area contributed by atoms with Gasteiger partial charge in [0.2, 0.25) is 0 Å². The summed E-state index contributed by atoms with van der Waals surface area (Å²) in [5.74, 6) is 0.740. The quantitative estimate of drug-likeness (QED) is 0.669. The zero-order valence-corrected chi connectivity index (χ0v) is 19.4. The minimum atomic E-state index is -0.413. The van der Waals surface area contributed by atoms with Gasteiger partial charge in [-0.1, -0.05) is 78.9 Å². The van der Waals surface area contributed by atoms with Crippen LogP contribution in [0.1, 0.15) is 45.7 Å². The monoisotopic (exact) mass is 424 g/mol. The van der Waals surface area contributed by atoms with E-state index in [0.717, 1.165) is 28.1 Å². The van der Waals surface area contributed by atoms with E-state index in [1.165, 1.54) is 0 Å². The lowest BCUT2D eigenvalue weighted by Crippen LogP contribution is -2.42. The fourth-order valence-electron chi connectivity index (χ4n) is 4.42. The first-order valence-electron chi connectivity index (χ1n) is 11.2. The number of amidine groups is 1. The van der Waals surface area contributed by atoms with Crippen LogP contribution in [0.4, 0.5) is 0 Å². The highest BCUT2D eigenvalue weighted by Crippen LogP contribution is 2.38. The van der Waals surface area contributed by atoms with Crippen LogP contribution < -0.4 is 5.46 Å². The summed E-state index contributed by atoms with van der Waals surface area (Å²) in [5.41, 5.74) is 3.07. The molecular formula is C27H29BN2O2. The molecule has 3 aliphatic rings. The zero-order valence-electron chi connectivity index (χ0n) is 19.4. The first kappa shape index (κ1) is 21.1. The number of allylic oxidation sites excluding steroid dienone is 2. The first-order chi connectivity index (χ1) is 15.2. The Balaban J connectivity index is 1.55. The Hall–Kier alpha value is -2.76. The van der Waals surface area contributed by atoms with Crippen molar-refractivity contribution in [3.05, 3.63) is 90.0 Å². The lowest BCUT2D eigenvalue weighted by atomic mass is 9.72. The minimum absolute atomic E-state index is 0.00397. The smallest absolute Gasteiger partial charge is 0.399 e. The summed E-state index contributed by atoms with van der Waals surface area (Å²) in [6.45, 7) is 10.5. The Morgan fingerprint density at radius 3 is 2.22 bits per heavy atom. The molecule has 2 aromatic carbocycles. The van der Waals surface area contributed by atoms with Gasteiger partial charge < -0.3 is 9.31 Å². The van der Waals surface area contributed by atoms with Crippen molar-refractivity contribution in [2.24, 2.45) is 15.4 Å². The molecule has 0 N–H and O–H groups in total. The van der Waals surface area contributed by atoms with Gasteiger partial charge >= 0.3 is 7.12 Å². The van der Waals surface area contributed by atoms with Gasteiger partial charge in [-0.05, 0) is 45.6 Å². The molecule has 0 saturated carbocycles. The van der Waals surface area contributed by atoms with Gasteiger partial charge in [0.15, 0.2) is 5.84 Å². The van der Waals surface area contributed by atoms with Crippen molar-refractivity contribution in [2.45, 2.75) is 51.9 Å². The standard InChI is InChI=1S/C27H29BN2O2/c1-25(2)26(3,4)32-28(31-25)21-15-11-14-20(18-21)24-29-22-16-9-10-17-27(22,5)23(30-24)19-12-7-6-8-13-19/h6-18,22H,1-5H3. The van der Waals surface area contributed by atoms with E-state index in [0.29, 0.717) is 0 Å². The van der Waals surface area contributed by atoms with Gasteiger partial charge in [0.1, 0.15) is 0 Å². The number of nitrogens with zero attached hydrogens (tertiary/aromatic N) is 2. The van der Waals surface area contributed by atoms with Gasteiger partial charge in [0.05, 0.1) is 28.4 Å². The van der Waals surface area contributed by atoms with Gasteiger partial charge in [0, 0.05) is 5.56 Å². The van der Waals surface area contributed by atoms with Crippen molar-refractivity contribution < 1.29 is 9.31 Å². The van der Waals surface area contributed by atoms with Gasteiger partial charge in [-0.25, -0.2) is 4.99 Å². The molecule has 2 atom stereocenters. The predicted octanol–water partition coefficient (Wildman–Crippen LogP) is 4.74. The van der Waals surface area contributed by atoms with Gasteiger partial charge in [-0.3, -0.25) is 4.99 Å². The highest BCUT2D eigenvalue weighted by atomic mass is 16.7. The van der Waals surface area contributed by atoms with Crippen molar-refractivity contribution in [1.82, 2.24) is 0 Å². The fourth-order valence-corrected chi connectivity index (χ4v) is 4.42. The molecule has 1 aliphatic carbocycles. The maximum absolute atomic E-state index is 6.27. The maximum atomic E-state index is 6.27.